The second-order valence-corrected chi connectivity index (χ2v) is 6.12. The van der Waals surface area contributed by atoms with Crippen LogP contribution >= 0.6 is 0 Å². The van der Waals surface area contributed by atoms with Crippen molar-refractivity contribution in [2.75, 3.05) is 61.2 Å². The van der Waals surface area contributed by atoms with Crippen LogP contribution in [-0.4, -0.2) is 50.6 Å². The zero-order valence-electron chi connectivity index (χ0n) is 14.9. The van der Waals surface area contributed by atoms with Crippen molar-refractivity contribution < 1.29 is 10.2 Å². The molecule has 0 atom stereocenters. The van der Waals surface area contributed by atoms with Gasteiger partial charge in [-0.25, -0.2) is 0 Å². The number of anilines is 4. The molecular weight excluding hydrogens is 316 g/mol. The topological polar surface area (TPSA) is 85.0 Å². The molecule has 136 valence electrons. The fraction of sp³-hybridized carbons (Fsp3) is 0.368. The van der Waals surface area contributed by atoms with E-state index < -0.39 is 0 Å². The van der Waals surface area contributed by atoms with Crippen molar-refractivity contribution >= 4 is 22.7 Å². The molecule has 0 aliphatic rings. The third kappa shape index (κ3) is 5.27. The maximum absolute atomic E-state index is 9.29. The van der Waals surface area contributed by atoms with Crippen LogP contribution in [0.15, 0.2) is 42.5 Å². The molecule has 0 fully saturated rings. The molecule has 0 saturated heterocycles. The average molecular weight is 344 g/mol. The number of nitrogens with two attached hydrogens (primary N) is 1. The first-order valence-electron chi connectivity index (χ1n) is 8.41. The van der Waals surface area contributed by atoms with E-state index in [1.54, 1.807) is 0 Å². The Labute approximate surface area is 149 Å². The highest BCUT2D eigenvalue weighted by atomic mass is 16.3. The molecule has 6 nitrogen and oxygen atoms in total. The van der Waals surface area contributed by atoms with Crippen molar-refractivity contribution in [1.29, 1.82) is 0 Å². The van der Waals surface area contributed by atoms with Gasteiger partial charge in [-0.1, -0.05) is 6.07 Å². The van der Waals surface area contributed by atoms with Gasteiger partial charge in [0.05, 0.1) is 13.2 Å². The summed E-state index contributed by atoms with van der Waals surface area (Å²) in [4.78, 5) is 4.02. The van der Waals surface area contributed by atoms with Crippen LogP contribution in [0, 0.1) is 0 Å². The second-order valence-electron chi connectivity index (χ2n) is 6.12. The van der Waals surface area contributed by atoms with E-state index in [1.165, 1.54) is 0 Å². The van der Waals surface area contributed by atoms with Crippen LogP contribution in [0.25, 0.3) is 0 Å². The summed E-state index contributed by atoms with van der Waals surface area (Å²) < 4.78 is 0. The summed E-state index contributed by atoms with van der Waals surface area (Å²) in [6.07, 6.45) is 0. The first kappa shape index (κ1) is 18.9. The maximum atomic E-state index is 9.29. The van der Waals surface area contributed by atoms with Gasteiger partial charge in [0.15, 0.2) is 0 Å². The molecule has 0 heterocycles. The summed E-state index contributed by atoms with van der Waals surface area (Å²) in [6.45, 7) is 1.59. The number of rotatable bonds is 9. The van der Waals surface area contributed by atoms with Crippen LogP contribution in [0.4, 0.5) is 22.7 Å². The summed E-state index contributed by atoms with van der Waals surface area (Å²) in [5, 5.41) is 22.0. The quantitative estimate of drug-likeness (QED) is 0.519. The molecule has 2 aromatic rings. The Kier molecular flexibility index (Phi) is 6.91. The summed E-state index contributed by atoms with van der Waals surface area (Å²) >= 11 is 0. The fourth-order valence-electron chi connectivity index (χ4n) is 2.74. The van der Waals surface area contributed by atoms with Crippen molar-refractivity contribution in [2.45, 2.75) is 6.54 Å². The second kappa shape index (κ2) is 9.15. The minimum atomic E-state index is 0.0299. The number of benzene rings is 2. The largest absolute Gasteiger partial charge is 0.399 e. The maximum Gasteiger partial charge on any atom is 0.0606 e. The van der Waals surface area contributed by atoms with Gasteiger partial charge in [0.1, 0.15) is 0 Å². The smallest absolute Gasteiger partial charge is 0.0606 e. The fourth-order valence-corrected chi connectivity index (χ4v) is 2.74. The molecule has 0 saturated carbocycles. The number of nitrogens with zero attached hydrogens (tertiary/aromatic N) is 2. The number of hydrogen-bond acceptors (Lipinski definition) is 6. The molecule has 5 N–H and O–H groups in total. The third-order valence-corrected chi connectivity index (χ3v) is 4.03. The highest BCUT2D eigenvalue weighted by molar-refractivity contribution is 5.62. The molecule has 0 radical (unpaired) electrons. The predicted octanol–water partition coefficient (Wildman–Crippen LogP) is 1.74. The van der Waals surface area contributed by atoms with Crippen LogP contribution in [0.1, 0.15) is 5.56 Å². The van der Waals surface area contributed by atoms with Gasteiger partial charge in [-0.15, -0.1) is 0 Å². The van der Waals surface area contributed by atoms with Gasteiger partial charge < -0.3 is 31.1 Å². The summed E-state index contributed by atoms with van der Waals surface area (Å²) in [5.41, 5.74) is 10.8. The molecule has 2 aromatic carbocycles. The molecule has 0 bridgehead atoms. The van der Waals surface area contributed by atoms with Gasteiger partial charge in [0.25, 0.3) is 0 Å². The Balaban J connectivity index is 2.20. The molecule has 0 amide bonds. The highest BCUT2D eigenvalue weighted by Crippen LogP contribution is 2.25. The highest BCUT2D eigenvalue weighted by Gasteiger charge is 2.11. The van der Waals surface area contributed by atoms with Crippen LogP contribution in [0.2, 0.25) is 0 Å². The van der Waals surface area contributed by atoms with E-state index in [4.69, 9.17) is 5.73 Å². The lowest BCUT2D eigenvalue weighted by Crippen LogP contribution is -2.30. The molecule has 0 aromatic heterocycles. The van der Waals surface area contributed by atoms with Crippen molar-refractivity contribution in [3.8, 4) is 0 Å². The molecule has 2 rings (SSSR count). The van der Waals surface area contributed by atoms with E-state index in [0.717, 1.165) is 22.6 Å². The van der Waals surface area contributed by atoms with E-state index in [1.807, 2.05) is 49.3 Å². The number of nitrogens with one attached hydrogen (secondary N) is 1. The standard InChI is InChI=1S/C19H28N4O2/c1-22(2)18-5-3-4-17(13-18)21-14-15-12-16(20)6-7-19(15)23(8-10-24)9-11-25/h3-7,12-13,21,24-25H,8-11,14,20H2,1-2H3. The van der Waals surface area contributed by atoms with Crippen LogP contribution in [0.3, 0.4) is 0 Å². The summed E-state index contributed by atoms with van der Waals surface area (Å²) in [5.74, 6) is 0. The normalized spacial score (nSPS) is 10.6. The monoisotopic (exact) mass is 344 g/mol. The Morgan fingerprint density at radius 2 is 1.72 bits per heavy atom. The minimum absolute atomic E-state index is 0.0299. The number of aliphatic hydroxyl groups is 2. The lowest BCUT2D eigenvalue weighted by molar-refractivity contribution is 0.281. The lowest BCUT2D eigenvalue weighted by Gasteiger charge is -2.26. The van der Waals surface area contributed by atoms with Gasteiger partial charge in [0, 0.05) is 56.5 Å². The van der Waals surface area contributed by atoms with Crippen LogP contribution in [0.5, 0.6) is 0 Å². The number of aliphatic hydroxyl groups excluding tert-OH is 2. The molecule has 6 heteroatoms. The number of hydrogen-bond donors (Lipinski definition) is 4. The molecule has 0 aliphatic carbocycles. The van der Waals surface area contributed by atoms with Crippen molar-refractivity contribution in [2.24, 2.45) is 0 Å². The predicted molar refractivity (Wildman–Crippen MR) is 105 cm³/mol. The van der Waals surface area contributed by atoms with Gasteiger partial charge in [0.2, 0.25) is 0 Å². The van der Waals surface area contributed by atoms with E-state index in [-0.39, 0.29) is 13.2 Å². The Morgan fingerprint density at radius 3 is 2.36 bits per heavy atom. The molecule has 0 spiro atoms. The first-order valence-corrected chi connectivity index (χ1v) is 8.41. The molecule has 0 aliphatic heterocycles. The van der Waals surface area contributed by atoms with E-state index in [2.05, 4.69) is 22.3 Å². The van der Waals surface area contributed by atoms with E-state index >= 15 is 0 Å². The Hall–Kier alpha value is -2.44. The summed E-state index contributed by atoms with van der Waals surface area (Å²) in [7, 11) is 4.02. The van der Waals surface area contributed by atoms with Crippen molar-refractivity contribution in [3.63, 3.8) is 0 Å². The zero-order chi connectivity index (χ0) is 18.2. The van der Waals surface area contributed by atoms with Gasteiger partial charge in [-0.05, 0) is 42.0 Å². The van der Waals surface area contributed by atoms with Gasteiger partial charge >= 0.3 is 0 Å². The van der Waals surface area contributed by atoms with Gasteiger partial charge in [-0.3, -0.25) is 0 Å². The number of nitrogen functional groups attached to an aromatic ring is 1. The van der Waals surface area contributed by atoms with Crippen LogP contribution < -0.4 is 20.9 Å². The van der Waals surface area contributed by atoms with E-state index in [9.17, 15) is 10.2 Å². The summed E-state index contributed by atoms with van der Waals surface area (Å²) in [6, 6.07) is 13.9. The Morgan fingerprint density at radius 1 is 1.00 bits per heavy atom. The minimum Gasteiger partial charge on any atom is -0.399 e. The van der Waals surface area contributed by atoms with Gasteiger partial charge in [-0.2, -0.15) is 0 Å². The Bertz CT molecular complexity index is 670. The van der Waals surface area contributed by atoms with Crippen LogP contribution in [-0.2, 0) is 6.54 Å². The van der Waals surface area contributed by atoms with Crippen molar-refractivity contribution in [3.05, 3.63) is 48.0 Å². The molecule has 0 unspecified atom stereocenters. The average Bonchev–Trinajstić information content (AvgIpc) is 2.60. The SMILES string of the molecule is CN(C)c1cccc(NCc2cc(N)ccc2N(CCO)CCO)c1. The lowest BCUT2D eigenvalue weighted by atomic mass is 10.1. The van der Waals surface area contributed by atoms with Crippen molar-refractivity contribution in [1.82, 2.24) is 0 Å². The first-order chi connectivity index (χ1) is 12.0. The third-order valence-electron chi connectivity index (χ3n) is 4.03. The van der Waals surface area contributed by atoms with E-state index in [0.29, 0.717) is 25.3 Å². The zero-order valence-corrected chi connectivity index (χ0v) is 14.9. The molecular formula is C19H28N4O2. The molecule has 25 heavy (non-hydrogen) atoms.